The lowest BCUT2D eigenvalue weighted by molar-refractivity contribution is 0.0741. The standard InChI is InChI=1S/C21H20N2O5/c1-13-9-15(10-20(25)22(13)2)27-14-7-8-23(12-14)21(26)19-11-17(24)16-5-3-4-6-18(16)28-19/h3-6,9-11,14H,7-8,12H2,1-2H3. The second kappa shape index (κ2) is 6.99. The van der Waals surface area contributed by atoms with Gasteiger partial charge in [-0.15, -0.1) is 0 Å². The van der Waals surface area contributed by atoms with Crippen LogP contribution in [-0.4, -0.2) is 34.6 Å². The molecular weight excluding hydrogens is 360 g/mol. The highest BCUT2D eigenvalue weighted by atomic mass is 16.5. The first kappa shape index (κ1) is 18.0. The lowest BCUT2D eigenvalue weighted by Crippen LogP contribution is -2.31. The summed E-state index contributed by atoms with van der Waals surface area (Å²) in [5.74, 6) is 0.181. The van der Waals surface area contributed by atoms with Gasteiger partial charge in [0.15, 0.2) is 11.2 Å². The molecule has 0 radical (unpaired) electrons. The molecule has 3 heterocycles. The zero-order valence-electron chi connectivity index (χ0n) is 15.7. The van der Waals surface area contributed by atoms with Crippen molar-refractivity contribution in [3.05, 3.63) is 74.5 Å². The van der Waals surface area contributed by atoms with Gasteiger partial charge in [0.2, 0.25) is 0 Å². The highest BCUT2D eigenvalue weighted by Gasteiger charge is 2.30. The maximum atomic E-state index is 12.8. The van der Waals surface area contributed by atoms with Crippen LogP contribution < -0.4 is 15.7 Å². The van der Waals surface area contributed by atoms with Crippen molar-refractivity contribution in [3.8, 4) is 5.75 Å². The van der Waals surface area contributed by atoms with Crippen LogP contribution in [0, 0.1) is 6.92 Å². The Kier molecular flexibility index (Phi) is 4.50. The molecule has 0 aliphatic carbocycles. The number of amides is 1. The smallest absolute Gasteiger partial charge is 0.289 e. The van der Waals surface area contributed by atoms with Crippen LogP contribution in [0.25, 0.3) is 11.0 Å². The Morgan fingerprint density at radius 1 is 1.18 bits per heavy atom. The molecule has 1 atom stereocenters. The summed E-state index contributed by atoms with van der Waals surface area (Å²) in [5.41, 5.74) is 0.805. The number of nitrogens with zero attached hydrogens (tertiary/aromatic N) is 2. The van der Waals surface area contributed by atoms with E-state index in [-0.39, 0.29) is 28.8 Å². The minimum Gasteiger partial charge on any atom is -0.488 e. The van der Waals surface area contributed by atoms with Crippen molar-refractivity contribution < 1.29 is 13.9 Å². The molecule has 1 aliphatic rings. The molecule has 2 aromatic heterocycles. The summed E-state index contributed by atoms with van der Waals surface area (Å²) in [7, 11) is 1.70. The number of ether oxygens (including phenoxy) is 1. The molecule has 3 aromatic rings. The number of pyridine rings is 1. The topological polar surface area (TPSA) is 81.8 Å². The first-order valence-corrected chi connectivity index (χ1v) is 9.09. The third kappa shape index (κ3) is 3.31. The van der Waals surface area contributed by atoms with Crippen molar-refractivity contribution in [2.45, 2.75) is 19.4 Å². The van der Waals surface area contributed by atoms with E-state index in [0.29, 0.717) is 36.2 Å². The van der Waals surface area contributed by atoms with Crippen molar-refractivity contribution >= 4 is 16.9 Å². The quantitative estimate of drug-likeness (QED) is 0.695. The summed E-state index contributed by atoms with van der Waals surface area (Å²) in [6, 6.07) is 11.3. The van der Waals surface area contributed by atoms with E-state index in [0.717, 1.165) is 5.69 Å². The third-order valence-corrected chi connectivity index (χ3v) is 5.06. The number of aromatic nitrogens is 1. The Hall–Kier alpha value is -3.35. The number of rotatable bonds is 3. The van der Waals surface area contributed by atoms with Crippen LogP contribution in [-0.2, 0) is 7.05 Å². The molecular formula is C21H20N2O5. The van der Waals surface area contributed by atoms with Gasteiger partial charge in [-0.1, -0.05) is 12.1 Å². The van der Waals surface area contributed by atoms with Gasteiger partial charge in [0.05, 0.1) is 11.9 Å². The van der Waals surface area contributed by atoms with Gasteiger partial charge in [-0.3, -0.25) is 14.4 Å². The van der Waals surface area contributed by atoms with Crippen LogP contribution in [0.15, 0.2) is 56.5 Å². The summed E-state index contributed by atoms with van der Waals surface area (Å²) in [6.45, 7) is 2.69. The van der Waals surface area contributed by atoms with Gasteiger partial charge in [-0.25, -0.2) is 0 Å². The highest BCUT2D eigenvalue weighted by Crippen LogP contribution is 2.20. The highest BCUT2D eigenvalue weighted by molar-refractivity contribution is 5.93. The molecule has 1 fully saturated rings. The fourth-order valence-electron chi connectivity index (χ4n) is 3.37. The van der Waals surface area contributed by atoms with E-state index in [9.17, 15) is 14.4 Å². The van der Waals surface area contributed by atoms with E-state index in [4.69, 9.17) is 9.15 Å². The molecule has 1 amide bonds. The van der Waals surface area contributed by atoms with E-state index in [1.807, 2.05) is 6.92 Å². The van der Waals surface area contributed by atoms with Crippen LogP contribution in [0.4, 0.5) is 0 Å². The maximum Gasteiger partial charge on any atom is 0.289 e. The molecule has 0 N–H and O–H groups in total. The number of fused-ring (bicyclic) bond motifs is 1. The fourth-order valence-corrected chi connectivity index (χ4v) is 3.37. The van der Waals surface area contributed by atoms with Gasteiger partial charge >= 0.3 is 0 Å². The number of carbonyl (C=O) groups is 1. The van der Waals surface area contributed by atoms with Crippen molar-refractivity contribution in [2.75, 3.05) is 13.1 Å². The minimum atomic E-state index is -0.339. The van der Waals surface area contributed by atoms with Gasteiger partial charge in [-0.2, -0.15) is 0 Å². The molecule has 7 heteroatoms. The number of carbonyl (C=O) groups excluding carboxylic acids is 1. The van der Waals surface area contributed by atoms with Crippen molar-refractivity contribution in [1.29, 1.82) is 0 Å². The van der Waals surface area contributed by atoms with Crippen LogP contribution in [0.3, 0.4) is 0 Å². The van der Waals surface area contributed by atoms with Gasteiger partial charge in [0, 0.05) is 37.8 Å². The van der Waals surface area contributed by atoms with Crippen LogP contribution in [0.5, 0.6) is 5.75 Å². The lowest BCUT2D eigenvalue weighted by Gasteiger charge is -2.17. The Bertz CT molecular complexity index is 1180. The molecule has 1 unspecified atom stereocenters. The molecule has 1 aromatic carbocycles. The van der Waals surface area contributed by atoms with Crippen molar-refractivity contribution in [3.63, 3.8) is 0 Å². The number of benzene rings is 1. The molecule has 0 saturated carbocycles. The molecule has 4 rings (SSSR count). The fraction of sp³-hybridized carbons (Fsp3) is 0.286. The molecule has 0 spiro atoms. The van der Waals surface area contributed by atoms with Gasteiger partial charge in [-0.05, 0) is 25.1 Å². The molecule has 1 aliphatic heterocycles. The summed E-state index contributed by atoms with van der Waals surface area (Å²) in [6.07, 6.45) is 0.417. The molecule has 0 bridgehead atoms. The largest absolute Gasteiger partial charge is 0.488 e. The SMILES string of the molecule is Cc1cc(OC2CCN(C(=O)c3cc(=O)c4ccccc4o3)C2)cc(=O)n1C. The third-order valence-electron chi connectivity index (χ3n) is 5.06. The molecule has 7 nitrogen and oxygen atoms in total. The Morgan fingerprint density at radius 2 is 1.96 bits per heavy atom. The summed E-state index contributed by atoms with van der Waals surface area (Å²) < 4.78 is 13.1. The molecule has 28 heavy (non-hydrogen) atoms. The second-order valence-corrected chi connectivity index (χ2v) is 6.98. The van der Waals surface area contributed by atoms with E-state index >= 15 is 0 Å². The normalized spacial score (nSPS) is 16.5. The van der Waals surface area contributed by atoms with Crippen LogP contribution in [0.2, 0.25) is 0 Å². The second-order valence-electron chi connectivity index (χ2n) is 6.98. The van der Waals surface area contributed by atoms with Crippen molar-refractivity contribution in [1.82, 2.24) is 9.47 Å². The first-order valence-electron chi connectivity index (χ1n) is 9.09. The van der Waals surface area contributed by atoms with E-state index < -0.39 is 0 Å². The minimum absolute atomic E-state index is 0.0220. The van der Waals surface area contributed by atoms with E-state index in [2.05, 4.69) is 0 Å². The average molecular weight is 380 g/mol. The number of para-hydroxylation sites is 1. The average Bonchev–Trinajstić information content (AvgIpc) is 3.14. The van der Waals surface area contributed by atoms with Gasteiger partial charge < -0.3 is 18.6 Å². The van der Waals surface area contributed by atoms with Gasteiger partial charge in [0.1, 0.15) is 17.4 Å². The molecule has 1 saturated heterocycles. The van der Waals surface area contributed by atoms with Crippen LogP contribution in [0.1, 0.15) is 22.7 Å². The number of hydrogen-bond donors (Lipinski definition) is 0. The monoisotopic (exact) mass is 380 g/mol. The predicted molar refractivity (Wildman–Crippen MR) is 104 cm³/mol. The number of likely N-dealkylation sites (tertiary alicyclic amines) is 1. The summed E-state index contributed by atoms with van der Waals surface area (Å²) in [4.78, 5) is 38.5. The van der Waals surface area contributed by atoms with E-state index in [1.54, 1.807) is 46.8 Å². The summed E-state index contributed by atoms with van der Waals surface area (Å²) >= 11 is 0. The Labute approximate surface area is 160 Å². The number of hydrogen-bond acceptors (Lipinski definition) is 5. The lowest BCUT2D eigenvalue weighted by atomic mass is 10.2. The predicted octanol–water partition coefficient (Wildman–Crippen LogP) is 2.09. The first-order chi connectivity index (χ1) is 13.4. The summed E-state index contributed by atoms with van der Waals surface area (Å²) in [5, 5.41) is 0.447. The molecule has 144 valence electrons. The van der Waals surface area contributed by atoms with Crippen LogP contribution >= 0.6 is 0 Å². The Morgan fingerprint density at radius 3 is 2.75 bits per heavy atom. The Balaban J connectivity index is 1.50. The zero-order chi connectivity index (χ0) is 19.8. The van der Waals surface area contributed by atoms with Crippen molar-refractivity contribution in [2.24, 2.45) is 7.05 Å². The number of aryl methyl sites for hydroxylation is 1. The van der Waals surface area contributed by atoms with E-state index in [1.165, 1.54) is 12.1 Å². The van der Waals surface area contributed by atoms with Gasteiger partial charge in [0.25, 0.3) is 11.5 Å². The zero-order valence-corrected chi connectivity index (χ0v) is 15.7. The maximum absolute atomic E-state index is 12.8.